The van der Waals surface area contributed by atoms with Gasteiger partial charge in [-0.15, -0.1) is 0 Å². The number of piperazine rings is 1. The van der Waals surface area contributed by atoms with Crippen molar-refractivity contribution in [3.8, 4) is 0 Å². The van der Waals surface area contributed by atoms with E-state index >= 15 is 0 Å². The molecule has 3 heteroatoms. The van der Waals surface area contributed by atoms with Gasteiger partial charge in [0.15, 0.2) is 0 Å². The number of alkyl halides is 1. The minimum atomic E-state index is 0.510. The normalized spacial score (nSPS) is 18.9. The number of halogens is 1. The largest absolute Gasteiger partial charge is 0.301 e. The van der Waals surface area contributed by atoms with E-state index in [1.165, 1.54) is 71.4 Å². The van der Waals surface area contributed by atoms with Crippen molar-refractivity contribution in [1.82, 2.24) is 9.80 Å². The first kappa shape index (κ1) is 17.5. The molecule has 0 N–H and O–H groups in total. The zero-order valence-electron chi connectivity index (χ0n) is 13.3. The van der Waals surface area contributed by atoms with Crippen molar-refractivity contribution in [3.63, 3.8) is 0 Å². The van der Waals surface area contributed by atoms with Crippen molar-refractivity contribution in [1.29, 1.82) is 0 Å². The lowest BCUT2D eigenvalue weighted by molar-refractivity contribution is 0.0846. The predicted molar refractivity (Wildman–Crippen MR) is 89.2 cm³/mol. The van der Waals surface area contributed by atoms with Crippen molar-refractivity contribution < 1.29 is 0 Å². The standard InChI is InChI=1S/C16H33BrN2/c1-4-7-16(14-17,8-5-2)15-19-12-10-18(9-6-3)11-13-19/h4-15H2,1-3H3. The second-order valence-corrected chi connectivity index (χ2v) is 6.81. The van der Waals surface area contributed by atoms with Gasteiger partial charge in [-0.2, -0.15) is 0 Å². The van der Waals surface area contributed by atoms with Crippen molar-refractivity contribution >= 4 is 15.9 Å². The first-order valence-corrected chi connectivity index (χ1v) is 9.32. The smallest absolute Gasteiger partial charge is 0.0110 e. The van der Waals surface area contributed by atoms with E-state index in [1.807, 2.05) is 0 Å². The van der Waals surface area contributed by atoms with Crippen molar-refractivity contribution in [2.75, 3.05) is 44.6 Å². The Morgan fingerprint density at radius 3 is 1.79 bits per heavy atom. The van der Waals surface area contributed by atoms with Crippen LogP contribution in [0, 0.1) is 5.41 Å². The van der Waals surface area contributed by atoms with E-state index in [2.05, 4.69) is 46.5 Å². The minimum Gasteiger partial charge on any atom is -0.301 e. The second kappa shape index (κ2) is 9.36. The van der Waals surface area contributed by atoms with E-state index in [0.29, 0.717) is 5.41 Å². The summed E-state index contributed by atoms with van der Waals surface area (Å²) in [6, 6.07) is 0. The molecule has 0 saturated carbocycles. The fraction of sp³-hybridized carbons (Fsp3) is 1.00. The van der Waals surface area contributed by atoms with Gasteiger partial charge in [0.1, 0.15) is 0 Å². The van der Waals surface area contributed by atoms with Gasteiger partial charge in [0.2, 0.25) is 0 Å². The number of rotatable bonds is 9. The highest BCUT2D eigenvalue weighted by Gasteiger charge is 2.30. The first-order chi connectivity index (χ1) is 9.19. The maximum absolute atomic E-state index is 3.80. The summed E-state index contributed by atoms with van der Waals surface area (Å²) in [5.74, 6) is 0. The molecule has 0 amide bonds. The van der Waals surface area contributed by atoms with Crippen LogP contribution in [-0.4, -0.2) is 54.4 Å². The van der Waals surface area contributed by atoms with Crippen LogP contribution in [0.3, 0.4) is 0 Å². The molecule has 1 fully saturated rings. The monoisotopic (exact) mass is 332 g/mol. The molecule has 0 aromatic heterocycles. The molecule has 1 aliphatic rings. The lowest BCUT2D eigenvalue weighted by Gasteiger charge is -2.41. The van der Waals surface area contributed by atoms with Gasteiger partial charge in [0, 0.05) is 38.1 Å². The maximum atomic E-state index is 3.80. The van der Waals surface area contributed by atoms with Crippen LogP contribution in [0.1, 0.15) is 52.9 Å². The third kappa shape index (κ3) is 5.73. The van der Waals surface area contributed by atoms with Crippen LogP contribution in [0.4, 0.5) is 0 Å². The third-order valence-corrected chi connectivity index (χ3v) is 5.60. The molecule has 2 nitrogen and oxygen atoms in total. The van der Waals surface area contributed by atoms with Gasteiger partial charge in [-0.3, -0.25) is 0 Å². The maximum Gasteiger partial charge on any atom is 0.0110 e. The Morgan fingerprint density at radius 2 is 1.37 bits per heavy atom. The molecule has 0 spiro atoms. The van der Waals surface area contributed by atoms with Gasteiger partial charge < -0.3 is 9.80 Å². The summed E-state index contributed by atoms with van der Waals surface area (Å²) in [7, 11) is 0. The Kier molecular flexibility index (Phi) is 8.59. The van der Waals surface area contributed by atoms with Gasteiger partial charge in [-0.1, -0.05) is 49.5 Å². The highest BCUT2D eigenvalue weighted by Crippen LogP contribution is 2.33. The zero-order chi connectivity index (χ0) is 14.1. The van der Waals surface area contributed by atoms with Crippen LogP contribution < -0.4 is 0 Å². The van der Waals surface area contributed by atoms with Crippen molar-refractivity contribution in [3.05, 3.63) is 0 Å². The Hall–Kier alpha value is 0.400. The van der Waals surface area contributed by atoms with E-state index in [1.54, 1.807) is 0 Å². The molecular formula is C16H33BrN2. The van der Waals surface area contributed by atoms with Crippen LogP contribution in [0.25, 0.3) is 0 Å². The van der Waals surface area contributed by atoms with Gasteiger partial charge >= 0.3 is 0 Å². The topological polar surface area (TPSA) is 6.48 Å². The summed E-state index contributed by atoms with van der Waals surface area (Å²) in [6.45, 7) is 14.6. The van der Waals surface area contributed by atoms with Crippen LogP contribution in [0.5, 0.6) is 0 Å². The summed E-state index contributed by atoms with van der Waals surface area (Å²) in [5.41, 5.74) is 0.510. The SMILES string of the molecule is CCCN1CCN(CC(CBr)(CCC)CCC)CC1. The van der Waals surface area contributed by atoms with Crippen LogP contribution in [-0.2, 0) is 0 Å². The summed E-state index contributed by atoms with van der Waals surface area (Å²) in [4.78, 5) is 5.32. The Morgan fingerprint density at radius 1 is 0.842 bits per heavy atom. The van der Waals surface area contributed by atoms with Crippen LogP contribution in [0.2, 0.25) is 0 Å². The fourth-order valence-corrected chi connectivity index (χ4v) is 4.22. The average Bonchev–Trinajstić information content (AvgIpc) is 2.42. The molecule has 0 unspecified atom stereocenters. The van der Waals surface area contributed by atoms with E-state index in [-0.39, 0.29) is 0 Å². The quantitative estimate of drug-likeness (QED) is 0.589. The van der Waals surface area contributed by atoms with Gasteiger partial charge in [-0.05, 0) is 31.2 Å². The van der Waals surface area contributed by atoms with Crippen LogP contribution >= 0.6 is 15.9 Å². The summed E-state index contributed by atoms with van der Waals surface area (Å²) in [5, 5.41) is 1.16. The van der Waals surface area contributed by atoms with Crippen molar-refractivity contribution in [2.24, 2.45) is 5.41 Å². The molecule has 0 aromatic carbocycles. The Labute approximate surface area is 129 Å². The van der Waals surface area contributed by atoms with Gasteiger partial charge in [-0.25, -0.2) is 0 Å². The van der Waals surface area contributed by atoms with E-state index in [4.69, 9.17) is 0 Å². The minimum absolute atomic E-state index is 0.510. The lowest BCUT2D eigenvalue weighted by Crippen LogP contribution is -2.50. The molecule has 1 aliphatic heterocycles. The average molecular weight is 333 g/mol. The van der Waals surface area contributed by atoms with Crippen molar-refractivity contribution in [2.45, 2.75) is 52.9 Å². The van der Waals surface area contributed by atoms with E-state index in [9.17, 15) is 0 Å². The molecule has 0 atom stereocenters. The molecule has 0 aliphatic carbocycles. The molecule has 1 rings (SSSR count). The molecule has 114 valence electrons. The highest BCUT2D eigenvalue weighted by molar-refractivity contribution is 9.09. The first-order valence-electron chi connectivity index (χ1n) is 8.20. The van der Waals surface area contributed by atoms with Gasteiger partial charge in [0.05, 0.1) is 0 Å². The molecule has 0 bridgehead atoms. The lowest BCUT2D eigenvalue weighted by atomic mass is 9.80. The zero-order valence-corrected chi connectivity index (χ0v) is 14.8. The molecule has 0 aromatic rings. The number of hydrogen-bond donors (Lipinski definition) is 0. The molecule has 1 saturated heterocycles. The highest BCUT2D eigenvalue weighted by atomic mass is 79.9. The molecule has 0 radical (unpaired) electrons. The summed E-state index contributed by atoms with van der Waals surface area (Å²) in [6.07, 6.45) is 6.63. The van der Waals surface area contributed by atoms with E-state index < -0.39 is 0 Å². The van der Waals surface area contributed by atoms with Crippen LogP contribution in [0.15, 0.2) is 0 Å². The second-order valence-electron chi connectivity index (χ2n) is 6.25. The molecular weight excluding hydrogens is 300 g/mol. The number of nitrogens with zero attached hydrogens (tertiary/aromatic N) is 2. The predicted octanol–water partition coefficient (Wildman–Crippen LogP) is 4.00. The Balaban J connectivity index is 2.46. The fourth-order valence-electron chi connectivity index (χ4n) is 3.48. The Bertz CT molecular complexity index is 219. The number of hydrogen-bond acceptors (Lipinski definition) is 2. The summed E-state index contributed by atoms with van der Waals surface area (Å²) < 4.78 is 0. The molecule has 19 heavy (non-hydrogen) atoms. The molecule has 1 heterocycles. The third-order valence-electron chi connectivity index (χ3n) is 4.41. The summed E-state index contributed by atoms with van der Waals surface area (Å²) >= 11 is 3.80. The van der Waals surface area contributed by atoms with Gasteiger partial charge in [0.25, 0.3) is 0 Å². The van der Waals surface area contributed by atoms with E-state index in [0.717, 1.165) is 5.33 Å².